The van der Waals surface area contributed by atoms with E-state index in [1.807, 2.05) is 6.92 Å². The lowest BCUT2D eigenvalue weighted by Crippen LogP contribution is -2.31. The van der Waals surface area contributed by atoms with E-state index in [2.05, 4.69) is 21.3 Å². The summed E-state index contributed by atoms with van der Waals surface area (Å²) in [4.78, 5) is 36.4. The Hall–Kier alpha value is -3.39. The smallest absolute Gasteiger partial charge is 0.251 e. The van der Waals surface area contributed by atoms with Crippen LogP contribution in [0.25, 0.3) is 0 Å². The monoisotopic (exact) mass is 424 g/mol. The molecule has 3 amide bonds. The Morgan fingerprint density at radius 2 is 1.74 bits per heavy atom. The number of benzene rings is 2. The average molecular weight is 425 g/mol. The Labute approximate surface area is 181 Å². The van der Waals surface area contributed by atoms with E-state index in [1.54, 1.807) is 48.5 Å². The summed E-state index contributed by atoms with van der Waals surface area (Å²) in [5, 5.41) is 11.4. The minimum Gasteiger partial charge on any atom is -0.376 e. The van der Waals surface area contributed by atoms with Gasteiger partial charge in [-0.1, -0.05) is 6.07 Å². The van der Waals surface area contributed by atoms with E-state index >= 15 is 0 Å². The summed E-state index contributed by atoms with van der Waals surface area (Å²) >= 11 is 0. The molecular weight excluding hydrogens is 396 g/mol. The topological polar surface area (TPSA) is 109 Å². The van der Waals surface area contributed by atoms with E-state index < -0.39 is 0 Å². The van der Waals surface area contributed by atoms with Crippen molar-refractivity contribution in [3.8, 4) is 0 Å². The third kappa shape index (κ3) is 6.82. The second kappa shape index (κ2) is 11.1. The van der Waals surface area contributed by atoms with Crippen LogP contribution in [-0.2, 0) is 9.53 Å². The summed E-state index contributed by atoms with van der Waals surface area (Å²) < 4.78 is 5.51. The molecule has 1 aliphatic heterocycles. The molecule has 2 aromatic carbocycles. The molecule has 0 radical (unpaired) electrons. The summed E-state index contributed by atoms with van der Waals surface area (Å²) in [7, 11) is 0. The minimum atomic E-state index is -0.237. The number of nitrogens with one attached hydrogen (secondary N) is 4. The first-order valence-electron chi connectivity index (χ1n) is 10.5. The fourth-order valence-electron chi connectivity index (χ4n) is 3.24. The van der Waals surface area contributed by atoms with Crippen molar-refractivity contribution >= 4 is 29.1 Å². The third-order valence-corrected chi connectivity index (χ3v) is 4.86. The lowest BCUT2D eigenvalue weighted by Gasteiger charge is -2.12. The van der Waals surface area contributed by atoms with E-state index in [9.17, 15) is 14.4 Å². The molecule has 1 aliphatic rings. The summed E-state index contributed by atoms with van der Waals surface area (Å²) in [6.45, 7) is 3.70. The molecule has 2 aromatic rings. The largest absolute Gasteiger partial charge is 0.376 e. The lowest BCUT2D eigenvalue weighted by molar-refractivity contribution is -0.114. The maximum Gasteiger partial charge on any atom is 0.251 e. The fraction of sp³-hybridized carbons (Fsp3) is 0.348. The van der Waals surface area contributed by atoms with Gasteiger partial charge in [0.05, 0.1) is 12.6 Å². The molecule has 164 valence electrons. The van der Waals surface area contributed by atoms with Crippen molar-refractivity contribution in [3.63, 3.8) is 0 Å². The summed E-state index contributed by atoms with van der Waals surface area (Å²) in [5.74, 6) is -0.559. The number of hydrogen-bond acceptors (Lipinski definition) is 5. The second-order valence-electron chi connectivity index (χ2n) is 7.26. The molecule has 0 spiro atoms. The molecular formula is C23H28N4O4. The molecule has 1 saturated heterocycles. The van der Waals surface area contributed by atoms with Crippen molar-refractivity contribution < 1.29 is 19.1 Å². The number of carbonyl (C=O) groups is 3. The molecule has 8 nitrogen and oxygen atoms in total. The van der Waals surface area contributed by atoms with E-state index in [0.717, 1.165) is 19.4 Å². The first-order chi connectivity index (χ1) is 15.0. The lowest BCUT2D eigenvalue weighted by atomic mass is 10.1. The van der Waals surface area contributed by atoms with Crippen LogP contribution in [0.15, 0.2) is 48.5 Å². The Bertz CT molecular complexity index is 908. The quantitative estimate of drug-likeness (QED) is 0.494. The Morgan fingerprint density at radius 1 is 0.968 bits per heavy atom. The van der Waals surface area contributed by atoms with Crippen molar-refractivity contribution in [2.45, 2.75) is 25.9 Å². The van der Waals surface area contributed by atoms with Crippen LogP contribution < -0.4 is 21.3 Å². The highest BCUT2D eigenvalue weighted by atomic mass is 16.5. The van der Waals surface area contributed by atoms with Crippen LogP contribution in [0.5, 0.6) is 0 Å². The summed E-state index contributed by atoms with van der Waals surface area (Å²) in [6.07, 6.45) is 2.08. The van der Waals surface area contributed by atoms with Gasteiger partial charge in [0, 0.05) is 42.2 Å². The van der Waals surface area contributed by atoms with Crippen LogP contribution in [-0.4, -0.2) is 50.1 Å². The van der Waals surface area contributed by atoms with E-state index in [4.69, 9.17) is 4.74 Å². The van der Waals surface area contributed by atoms with Gasteiger partial charge in [-0.05, 0) is 62.2 Å². The normalized spacial score (nSPS) is 15.2. The molecule has 8 heteroatoms. The zero-order chi connectivity index (χ0) is 22.1. The van der Waals surface area contributed by atoms with Gasteiger partial charge in [0.1, 0.15) is 0 Å². The molecule has 4 N–H and O–H groups in total. The van der Waals surface area contributed by atoms with E-state index in [1.165, 1.54) is 0 Å². The molecule has 31 heavy (non-hydrogen) atoms. The van der Waals surface area contributed by atoms with Crippen LogP contribution in [0.1, 0.15) is 40.5 Å². The third-order valence-electron chi connectivity index (χ3n) is 4.86. The predicted molar refractivity (Wildman–Crippen MR) is 119 cm³/mol. The SMILES string of the molecule is CCNC(=O)c1ccc(NC(=O)CNc2cccc(C(=O)NCC3CCCO3)c2)cc1. The number of carbonyl (C=O) groups excluding carboxylic acids is 3. The molecule has 1 unspecified atom stereocenters. The van der Waals surface area contributed by atoms with Gasteiger partial charge in [-0.25, -0.2) is 0 Å². The molecule has 0 aromatic heterocycles. The molecule has 1 heterocycles. The number of anilines is 2. The van der Waals surface area contributed by atoms with Crippen LogP contribution >= 0.6 is 0 Å². The van der Waals surface area contributed by atoms with Gasteiger partial charge in [-0.15, -0.1) is 0 Å². The van der Waals surface area contributed by atoms with Crippen LogP contribution in [0.3, 0.4) is 0 Å². The highest BCUT2D eigenvalue weighted by Crippen LogP contribution is 2.13. The average Bonchev–Trinajstić information content (AvgIpc) is 3.31. The zero-order valence-corrected chi connectivity index (χ0v) is 17.6. The number of ether oxygens (including phenoxy) is 1. The second-order valence-corrected chi connectivity index (χ2v) is 7.26. The van der Waals surface area contributed by atoms with Gasteiger partial charge in [0.25, 0.3) is 11.8 Å². The summed E-state index contributed by atoms with van der Waals surface area (Å²) in [5.41, 5.74) is 2.32. The first kappa shape index (κ1) is 22.3. The predicted octanol–water partition coefficient (Wildman–Crippen LogP) is 2.40. The number of rotatable bonds is 9. The maximum absolute atomic E-state index is 12.3. The van der Waals surface area contributed by atoms with Crippen LogP contribution in [0.4, 0.5) is 11.4 Å². The molecule has 0 saturated carbocycles. The van der Waals surface area contributed by atoms with Gasteiger partial charge in [0.15, 0.2) is 0 Å². The van der Waals surface area contributed by atoms with Crippen molar-refractivity contribution in [1.29, 1.82) is 0 Å². The molecule has 1 atom stereocenters. The van der Waals surface area contributed by atoms with Gasteiger partial charge in [-0.2, -0.15) is 0 Å². The van der Waals surface area contributed by atoms with Gasteiger partial charge < -0.3 is 26.0 Å². The van der Waals surface area contributed by atoms with Crippen molar-refractivity contribution in [2.24, 2.45) is 0 Å². The van der Waals surface area contributed by atoms with Gasteiger partial charge in [-0.3, -0.25) is 14.4 Å². The highest BCUT2D eigenvalue weighted by molar-refractivity contribution is 5.97. The van der Waals surface area contributed by atoms with Gasteiger partial charge in [0.2, 0.25) is 5.91 Å². The van der Waals surface area contributed by atoms with Crippen LogP contribution in [0, 0.1) is 0 Å². The number of amides is 3. The highest BCUT2D eigenvalue weighted by Gasteiger charge is 2.16. The zero-order valence-electron chi connectivity index (χ0n) is 17.6. The maximum atomic E-state index is 12.3. The molecule has 0 bridgehead atoms. The van der Waals surface area contributed by atoms with Crippen LogP contribution in [0.2, 0.25) is 0 Å². The summed E-state index contributed by atoms with van der Waals surface area (Å²) in [6, 6.07) is 13.7. The molecule has 3 rings (SSSR count). The Morgan fingerprint density at radius 3 is 2.45 bits per heavy atom. The standard InChI is InChI=1S/C23H28N4O4/c1-2-24-22(29)16-8-10-18(11-9-16)27-21(28)15-25-19-6-3-5-17(13-19)23(30)26-14-20-7-4-12-31-20/h3,5-6,8-11,13,20,25H,2,4,7,12,14-15H2,1H3,(H,24,29)(H,26,30)(H,27,28). The minimum absolute atomic E-state index is 0.0407. The van der Waals surface area contributed by atoms with E-state index in [-0.39, 0.29) is 30.4 Å². The Balaban J connectivity index is 1.47. The van der Waals surface area contributed by atoms with Crippen molar-refractivity contribution in [1.82, 2.24) is 10.6 Å². The molecule has 1 fully saturated rings. The van der Waals surface area contributed by atoms with E-state index in [0.29, 0.717) is 35.6 Å². The van der Waals surface area contributed by atoms with Crippen molar-refractivity contribution in [2.75, 3.05) is 36.9 Å². The van der Waals surface area contributed by atoms with Gasteiger partial charge >= 0.3 is 0 Å². The fourth-order valence-corrected chi connectivity index (χ4v) is 3.24. The number of hydrogen-bond donors (Lipinski definition) is 4. The molecule has 0 aliphatic carbocycles. The first-order valence-corrected chi connectivity index (χ1v) is 10.5. The van der Waals surface area contributed by atoms with Crippen molar-refractivity contribution in [3.05, 3.63) is 59.7 Å². The Kier molecular flexibility index (Phi) is 8.00.